The number of fused-ring (bicyclic) bond motifs is 1. The maximum atomic E-state index is 9.26. The molecular formula is C22H31N5S. The van der Waals surface area contributed by atoms with Crippen LogP contribution in [-0.2, 0) is 6.42 Å². The zero-order valence-corrected chi connectivity index (χ0v) is 18.2. The number of hydrogen-bond acceptors (Lipinski definition) is 6. The number of unbranched alkanes of at least 4 members (excludes halogenated alkanes) is 4. The highest BCUT2D eigenvalue weighted by Gasteiger charge is 2.35. The number of anilines is 3. The van der Waals surface area contributed by atoms with Crippen molar-refractivity contribution in [2.75, 3.05) is 22.3 Å². The molecule has 5 nitrogen and oxygen atoms in total. The highest BCUT2D eigenvalue weighted by molar-refractivity contribution is 7.10. The van der Waals surface area contributed by atoms with E-state index in [2.05, 4.69) is 65.2 Å². The fraction of sp³-hybridized carbons (Fsp3) is 0.545. The van der Waals surface area contributed by atoms with Gasteiger partial charge in [0.15, 0.2) is 0 Å². The second-order valence-corrected chi connectivity index (χ2v) is 9.01. The SMILES string of the molecule is CCCCCCCN1c2ccc(NNc3snc(C)c3C#N)cc2CC1(C)C. The van der Waals surface area contributed by atoms with Gasteiger partial charge in [-0.2, -0.15) is 9.64 Å². The zero-order chi connectivity index (χ0) is 20.1. The summed E-state index contributed by atoms with van der Waals surface area (Å²) in [7, 11) is 0. The standard InChI is InChI=1S/C22H31N5S/c1-5-6-7-8-9-12-27-20-11-10-18(13-17(20)14-22(27,3)4)24-25-21-19(15-23)16(2)26-28-21/h10-11,13,24-25H,5-9,12,14H2,1-4H3. The van der Waals surface area contributed by atoms with E-state index < -0.39 is 0 Å². The summed E-state index contributed by atoms with van der Waals surface area (Å²) in [6.07, 6.45) is 7.60. The van der Waals surface area contributed by atoms with Gasteiger partial charge in [-0.05, 0) is 68.9 Å². The van der Waals surface area contributed by atoms with Crippen LogP contribution < -0.4 is 15.8 Å². The molecule has 6 heteroatoms. The molecule has 1 aliphatic rings. The maximum Gasteiger partial charge on any atom is 0.146 e. The Morgan fingerprint density at radius 1 is 1.21 bits per heavy atom. The Bertz CT molecular complexity index is 849. The minimum atomic E-state index is 0.155. The second-order valence-electron chi connectivity index (χ2n) is 8.23. The predicted octanol–water partition coefficient (Wildman–Crippen LogP) is 5.87. The molecule has 3 rings (SSSR count). The van der Waals surface area contributed by atoms with Gasteiger partial charge in [-0.15, -0.1) is 0 Å². The van der Waals surface area contributed by atoms with E-state index in [0.717, 1.165) is 29.3 Å². The third kappa shape index (κ3) is 4.41. The summed E-state index contributed by atoms with van der Waals surface area (Å²) in [5.74, 6) is 0. The van der Waals surface area contributed by atoms with Gasteiger partial charge < -0.3 is 10.3 Å². The maximum absolute atomic E-state index is 9.26. The van der Waals surface area contributed by atoms with E-state index in [-0.39, 0.29) is 5.54 Å². The lowest BCUT2D eigenvalue weighted by Gasteiger charge is -2.34. The fourth-order valence-corrected chi connectivity index (χ4v) is 4.67. The molecular weight excluding hydrogens is 366 g/mol. The molecule has 150 valence electrons. The van der Waals surface area contributed by atoms with Gasteiger partial charge in [0.1, 0.15) is 16.6 Å². The first-order valence-electron chi connectivity index (χ1n) is 10.2. The number of nitriles is 1. The zero-order valence-electron chi connectivity index (χ0n) is 17.4. The lowest BCUT2D eigenvalue weighted by atomic mass is 9.99. The van der Waals surface area contributed by atoms with Crippen molar-refractivity contribution in [3.05, 3.63) is 35.0 Å². The van der Waals surface area contributed by atoms with Gasteiger partial charge in [0.05, 0.1) is 11.4 Å². The molecule has 2 aromatic rings. The van der Waals surface area contributed by atoms with Gasteiger partial charge in [-0.25, -0.2) is 0 Å². The minimum absolute atomic E-state index is 0.155. The molecule has 0 aliphatic carbocycles. The summed E-state index contributed by atoms with van der Waals surface area (Å²) in [4.78, 5) is 2.58. The summed E-state index contributed by atoms with van der Waals surface area (Å²) in [6, 6.07) is 8.77. The van der Waals surface area contributed by atoms with Crippen LogP contribution in [0.15, 0.2) is 18.2 Å². The van der Waals surface area contributed by atoms with Crippen LogP contribution >= 0.6 is 11.5 Å². The highest BCUT2D eigenvalue weighted by atomic mass is 32.1. The topological polar surface area (TPSA) is 64.0 Å². The molecule has 2 heterocycles. The van der Waals surface area contributed by atoms with Crippen molar-refractivity contribution in [1.29, 1.82) is 5.26 Å². The largest absolute Gasteiger partial charge is 0.366 e. The Morgan fingerprint density at radius 2 is 2.00 bits per heavy atom. The van der Waals surface area contributed by atoms with Crippen LogP contribution in [0.1, 0.15) is 69.7 Å². The van der Waals surface area contributed by atoms with Crippen LogP contribution in [0.2, 0.25) is 0 Å². The minimum Gasteiger partial charge on any atom is -0.366 e. The van der Waals surface area contributed by atoms with E-state index in [0.29, 0.717) is 5.56 Å². The summed E-state index contributed by atoms with van der Waals surface area (Å²) in [6.45, 7) is 9.92. The highest BCUT2D eigenvalue weighted by Crippen LogP contribution is 2.40. The van der Waals surface area contributed by atoms with Gasteiger partial charge in [-0.3, -0.25) is 5.43 Å². The summed E-state index contributed by atoms with van der Waals surface area (Å²) in [5, 5.41) is 10.0. The van der Waals surface area contributed by atoms with Crippen LogP contribution in [0, 0.1) is 18.3 Å². The van der Waals surface area contributed by atoms with Gasteiger partial charge in [0.25, 0.3) is 0 Å². The van der Waals surface area contributed by atoms with Crippen molar-refractivity contribution in [3.8, 4) is 6.07 Å². The number of rotatable bonds is 9. The Balaban J connectivity index is 1.65. The molecule has 0 saturated carbocycles. The molecule has 0 amide bonds. The second kappa shape index (κ2) is 8.83. The van der Waals surface area contributed by atoms with E-state index >= 15 is 0 Å². The van der Waals surface area contributed by atoms with Gasteiger partial charge in [-0.1, -0.05) is 32.6 Å². The third-order valence-electron chi connectivity index (χ3n) is 5.50. The van der Waals surface area contributed by atoms with Crippen molar-refractivity contribution in [1.82, 2.24) is 4.37 Å². The molecule has 2 N–H and O–H groups in total. The monoisotopic (exact) mass is 397 g/mol. The Hall–Kier alpha value is -2.26. The molecule has 0 radical (unpaired) electrons. The third-order valence-corrected chi connectivity index (χ3v) is 6.36. The smallest absolute Gasteiger partial charge is 0.146 e. The molecule has 0 unspecified atom stereocenters. The molecule has 0 saturated heterocycles. The average Bonchev–Trinajstić information content (AvgIpc) is 3.14. The number of nitrogens with zero attached hydrogens (tertiary/aromatic N) is 3. The number of aryl methyl sites for hydroxylation is 1. The number of hydrazine groups is 1. The number of aromatic nitrogens is 1. The van der Waals surface area contributed by atoms with Crippen LogP contribution in [0.25, 0.3) is 0 Å². The molecule has 0 spiro atoms. The van der Waals surface area contributed by atoms with Crippen molar-refractivity contribution < 1.29 is 0 Å². The van der Waals surface area contributed by atoms with E-state index in [4.69, 9.17) is 0 Å². The van der Waals surface area contributed by atoms with E-state index in [1.165, 1.54) is 54.9 Å². The van der Waals surface area contributed by atoms with Gasteiger partial charge >= 0.3 is 0 Å². The van der Waals surface area contributed by atoms with Gasteiger partial charge in [0.2, 0.25) is 0 Å². The van der Waals surface area contributed by atoms with Gasteiger partial charge in [0, 0.05) is 17.8 Å². The summed E-state index contributed by atoms with van der Waals surface area (Å²) >= 11 is 1.31. The molecule has 1 aromatic carbocycles. The van der Waals surface area contributed by atoms with Crippen LogP contribution in [0.4, 0.5) is 16.4 Å². The van der Waals surface area contributed by atoms with Crippen molar-refractivity contribution in [3.63, 3.8) is 0 Å². The molecule has 0 atom stereocenters. The van der Waals surface area contributed by atoms with Crippen LogP contribution in [0.3, 0.4) is 0 Å². The Labute approximate surface area is 172 Å². The lowest BCUT2D eigenvalue weighted by Crippen LogP contribution is -2.41. The van der Waals surface area contributed by atoms with Crippen molar-refractivity contribution >= 4 is 27.9 Å². The lowest BCUT2D eigenvalue weighted by molar-refractivity contribution is 0.473. The predicted molar refractivity (Wildman–Crippen MR) is 119 cm³/mol. The van der Waals surface area contributed by atoms with E-state index in [1.54, 1.807) is 0 Å². The number of hydrogen-bond donors (Lipinski definition) is 2. The quantitative estimate of drug-likeness (QED) is 0.409. The Kier molecular flexibility index (Phi) is 6.46. The first kappa shape index (κ1) is 20.5. The summed E-state index contributed by atoms with van der Waals surface area (Å²) < 4.78 is 4.24. The molecule has 0 fully saturated rings. The normalized spacial score (nSPS) is 14.6. The van der Waals surface area contributed by atoms with E-state index in [9.17, 15) is 5.26 Å². The number of nitrogens with one attached hydrogen (secondary N) is 2. The van der Waals surface area contributed by atoms with Crippen molar-refractivity contribution in [2.45, 2.75) is 71.8 Å². The van der Waals surface area contributed by atoms with E-state index in [1.807, 2.05) is 6.92 Å². The molecule has 28 heavy (non-hydrogen) atoms. The summed E-state index contributed by atoms with van der Waals surface area (Å²) in [5.41, 5.74) is 11.7. The Morgan fingerprint density at radius 3 is 2.75 bits per heavy atom. The first-order chi connectivity index (χ1) is 13.5. The van der Waals surface area contributed by atoms with Crippen molar-refractivity contribution in [2.24, 2.45) is 0 Å². The average molecular weight is 398 g/mol. The first-order valence-corrected chi connectivity index (χ1v) is 11.0. The molecule has 0 bridgehead atoms. The van der Waals surface area contributed by atoms with Crippen LogP contribution in [0.5, 0.6) is 0 Å². The molecule has 1 aromatic heterocycles. The number of benzene rings is 1. The fourth-order valence-electron chi connectivity index (χ4n) is 3.97. The molecule has 1 aliphatic heterocycles. The van der Waals surface area contributed by atoms with Crippen LogP contribution in [-0.4, -0.2) is 16.5 Å².